The summed E-state index contributed by atoms with van der Waals surface area (Å²) in [6.07, 6.45) is 4.46. The number of hydrogen-bond acceptors (Lipinski definition) is 2. The van der Waals surface area contributed by atoms with Crippen molar-refractivity contribution in [2.24, 2.45) is 17.3 Å². The third-order valence-electron chi connectivity index (χ3n) is 5.96. The Balaban J connectivity index is 2.19. The van der Waals surface area contributed by atoms with Crippen molar-refractivity contribution in [1.82, 2.24) is 0 Å². The first-order valence-corrected chi connectivity index (χ1v) is 11.2. The molecule has 1 unspecified atom stereocenters. The number of allylic oxidation sites excluding steroid dienone is 1. The lowest BCUT2D eigenvalue weighted by Gasteiger charge is -2.41. The van der Waals surface area contributed by atoms with Gasteiger partial charge in [0, 0.05) is 11.3 Å². The Hall–Kier alpha value is -0.413. The SMILES string of the molecule is CC1=C[C@@H]2C(=O)C(C)(C)C[C@@H]2CC1O[Si](C)(C)C(C)(C)C. The number of hydrogen-bond donors (Lipinski definition) is 0. The molecule has 0 radical (unpaired) electrons. The van der Waals surface area contributed by atoms with Crippen LogP contribution in [0.15, 0.2) is 11.6 Å². The molecule has 3 heteroatoms. The van der Waals surface area contributed by atoms with Crippen LogP contribution in [-0.2, 0) is 9.22 Å². The van der Waals surface area contributed by atoms with E-state index in [2.05, 4.69) is 60.7 Å². The molecule has 0 spiro atoms. The van der Waals surface area contributed by atoms with Crippen LogP contribution in [0.25, 0.3) is 0 Å². The van der Waals surface area contributed by atoms with Crippen molar-refractivity contribution >= 4 is 14.1 Å². The third-order valence-corrected chi connectivity index (χ3v) is 10.4. The fourth-order valence-corrected chi connectivity index (χ4v) is 4.86. The monoisotopic (exact) mass is 308 g/mol. The van der Waals surface area contributed by atoms with Gasteiger partial charge >= 0.3 is 0 Å². The Kier molecular flexibility index (Phi) is 4.08. The summed E-state index contributed by atoms with van der Waals surface area (Å²) in [7, 11) is -1.76. The van der Waals surface area contributed by atoms with E-state index in [1.54, 1.807) is 0 Å². The molecule has 2 nitrogen and oxygen atoms in total. The molecular weight excluding hydrogens is 276 g/mol. The highest BCUT2D eigenvalue weighted by Crippen LogP contribution is 2.49. The predicted molar refractivity (Wildman–Crippen MR) is 90.8 cm³/mol. The zero-order valence-electron chi connectivity index (χ0n) is 15.0. The molecule has 21 heavy (non-hydrogen) atoms. The summed E-state index contributed by atoms with van der Waals surface area (Å²) in [4.78, 5) is 12.5. The van der Waals surface area contributed by atoms with Gasteiger partial charge in [0.2, 0.25) is 0 Å². The van der Waals surface area contributed by atoms with Gasteiger partial charge in [-0.2, -0.15) is 0 Å². The van der Waals surface area contributed by atoms with E-state index < -0.39 is 8.32 Å². The van der Waals surface area contributed by atoms with Gasteiger partial charge in [-0.05, 0) is 49.4 Å². The fraction of sp³-hybridized carbons (Fsp3) is 0.833. The Labute approximate surface area is 131 Å². The molecule has 2 aliphatic rings. The van der Waals surface area contributed by atoms with Gasteiger partial charge in [0.25, 0.3) is 0 Å². The topological polar surface area (TPSA) is 26.3 Å². The fourth-order valence-electron chi connectivity index (χ4n) is 3.51. The molecule has 2 rings (SSSR count). The van der Waals surface area contributed by atoms with E-state index in [4.69, 9.17) is 4.43 Å². The molecule has 0 aromatic heterocycles. The predicted octanol–water partition coefficient (Wildman–Crippen LogP) is 4.96. The Morgan fingerprint density at radius 1 is 1.29 bits per heavy atom. The summed E-state index contributed by atoms with van der Waals surface area (Å²) in [6, 6.07) is 0. The third kappa shape index (κ3) is 3.05. The summed E-state index contributed by atoms with van der Waals surface area (Å²) in [5.41, 5.74) is 1.12. The lowest BCUT2D eigenvalue weighted by atomic mass is 9.82. The maximum absolute atomic E-state index is 12.5. The van der Waals surface area contributed by atoms with Gasteiger partial charge in [-0.15, -0.1) is 0 Å². The Morgan fingerprint density at radius 2 is 1.86 bits per heavy atom. The van der Waals surface area contributed by atoms with Gasteiger partial charge in [-0.25, -0.2) is 0 Å². The number of carbonyl (C=O) groups excluding carboxylic acids is 1. The number of rotatable bonds is 2. The zero-order valence-corrected chi connectivity index (χ0v) is 16.0. The van der Waals surface area contributed by atoms with Crippen molar-refractivity contribution in [2.45, 2.75) is 78.6 Å². The van der Waals surface area contributed by atoms with Crippen molar-refractivity contribution in [3.05, 3.63) is 11.6 Å². The minimum Gasteiger partial charge on any atom is -0.410 e. The van der Waals surface area contributed by atoms with Crippen LogP contribution in [0.1, 0.15) is 54.4 Å². The van der Waals surface area contributed by atoms with Crippen LogP contribution in [0.4, 0.5) is 0 Å². The van der Waals surface area contributed by atoms with E-state index in [9.17, 15) is 4.79 Å². The number of Topliss-reactive ketones (excluding diaryl/α,β-unsaturated/α-hetero) is 1. The van der Waals surface area contributed by atoms with Gasteiger partial charge in [0.1, 0.15) is 5.78 Å². The summed E-state index contributed by atoms with van der Waals surface area (Å²) in [5, 5.41) is 0.231. The van der Waals surface area contributed by atoms with E-state index in [0.29, 0.717) is 11.7 Å². The summed E-state index contributed by atoms with van der Waals surface area (Å²) < 4.78 is 6.63. The van der Waals surface area contributed by atoms with Crippen molar-refractivity contribution < 1.29 is 9.22 Å². The highest BCUT2D eigenvalue weighted by molar-refractivity contribution is 6.74. The number of carbonyl (C=O) groups is 1. The molecule has 1 fully saturated rings. The summed E-state index contributed by atoms with van der Waals surface area (Å²) in [6.45, 7) is 17.8. The number of ketones is 1. The minimum atomic E-state index is -1.76. The first-order valence-electron chi connectivity index (χ1n) is 8.25. The van der Waals surface area contributed by atoms with Crippen LogP contribution in [0, 0.1) is 17.3 Å². The standard InChI is InChI=1S/C18H32O2Si/c1-12-9-14-13(11-18(5,6)16(14)19)10-15(12)20-21(7,8)17(2,3)4/h9,13-15H,10-11H2,1-8H3/t13-,14-,15?/m0/s1. The van der Waals surface area contributed by atoms with Crippen molar-refractivity contribution in [2.75, 3.05) is 0 Å². The van der Waals surface area contributed by atoms with E-state index in [0.717, 1.165) is 12.8 Å². The maximum atomic E-state index is 12.5. The van der Waals surface area contributed by atoms with Crippen LogP contribution in [0.3, 0.4) is 0 Å². The Bertz CT molecular complexity index is 468. The summed E-state index contributed by atoms with van der Waals surface area (Å²) >= 11 is 0. The molecule has 1 saturated carbocycles. The molecule has 0 bridgehead atoms. The molecule has 0 aromatic rings. The molecule has 3 atom stereocenters. The molecule has 0 aliphatic heterocycles. The molecule has 0 aromatic carbocycles. The van der Waals surface area contributed by atoms with Gasteiger partial charge in [-0.3, -0.25) is 4.79 Å². The normalized spacial score (nSPS) is 32.9. The van der Waals surface area contributed by atoms with E-state index >= 15 is 0 Å². The number of fused-ring (bicyclic) bond motifs is 1. The first-order chi connectivity index (χ1) is 9.35. The second-order valence-corrected chi connectivity index (χ2v) is 14.0. The van der Waals surface area contributed by atoms with Gasteiger partial charge in [0.05, 0.1) is 6.10 Å². The smallest absolute Gasteiger partial charge is 0.192 e. The van der Waals surface area contributed by atoms with Gasteiger partial charge in [0.15, 0.2) is 8.32 Å². The summed E-state index contributed by atoms with van der Waals surface area (Å²) in [5.74, 6) is 1.04. The lowest BCUT2D eigenvalue weighted by molar-refractivity contribution is -0.126. The van der Waals surface area contributed by atoms with Gasteiger partial charge in [-0.1, -0.05) is 40.7 Å². The molecule has 2 aliphatic carbocycles. The second-order valence-electron chi connectivity index (χ2n) is 9.25. The van der Waals surface area contributed by atoms with Crippen molar-refractivity contribution in [1.29, 1.82) is 0 Å². The highest BCUT2D eigenvalue weighted by Gasteiger charge is 2.50. The van der Waals surface area contributed by atoms with Crippen LogP contribution in [0.5, 0.6) is 0 Å². The van der Waals surface area contributed by atoms with E-state index in [-0.39, 0.29) is 22.5 Å². The molecule has 0 saturated heterocycles. The first kappa shape index (κ1) is 16.9. The minimum absolute atomic E-state index is 0.138. The van der Waals surface area contributed by atoms with Crippen molar-refractivity contribution in [3.63, 3.8) is 0 Å². The molecule has 0 N–H and O–H groups in total. The molecule has 120 valence electrons. The highest BCUT2D eigenvalue weighted by atomic mass is 28.4. The van der Waals surface area contributed by atoms with Crippen LogP contribution in [0.2, 0.25) is 18.1 Å². The average molecular weight is 309 g/mol. The van der Waals surface area contributed by atoms with Crippen LogP contribution < -0.4 is 0 Å². The van der Waals surface area contributed by atoms with Gasteiger partial charge < -0.3 is 4.43 Å². The van der Waals surface area contributed by atoms with Crippen LogP contribution in [-0.4, -0.2) is 20.2 Å². The Morgan fingerprint density at radius 3 is 2.38 bits per heavy atom. The maximum Gasteiger partial charge on any atom is 0.192 e. The van der Waals surface area contributed by atoms with E-state index in [1.165, 1.54) is 5.57 Å². The average Bonchev–Trinajstić information content (AvgIpc) is 2.50. The van der Waals surface area contributed by atoms with E-state index in [1.807, 2.05) is 0 Å². The van der Waals surface area contributed by atoms with Crippen LogP contribution >= 0.6 is 0 Å². The zero-order chi connectivity index (χ0) is 16.2. The largest absolute Gasteiger partial charge is 0.410 e. The molecule has 0 amide bonds. The lowest BCUT2D eigenvalue weighted by Crippen LogP contribution is -2.45. The van der Waals surface area contributed by atoms with Crippen molar-refractivity contribution in [3.8, 4) is 0 Å². The molecular formula is C18H32O2Si. The molecule has 0 heterocycles. The second kappa shape index (κ2) is 5.06. The quantitative estimate of drug-likeness (QED) is 0.532.